The summed E-state index contributed by atoms with van der Waals surface area (Å²) in [6, 6.07) is 13.5. The van der Waals surface area contributed by atoms with E-state index >= 15 is 0 Å². The SMILES string of the molecule is C=CCc1ccc(-c2ccc(C=CCCCC(C)O)c(F)c2)cc1. The van der Waals surface area contributed by atoms with Crippen molar-refractivity contribution in [1.29, 1.82) is 0 Å². The summed E-state index contributed by atoms with van der Waals surface area (Å²) >= 11 is 0. The number of unbranched alkanes of at least 4 members (excludes halogenated alkanes) is 1. The van der Waals surface area contributed by atoms with Gasteiger partial charge in [0.25, 0.3) is 0 Å². The van der Waals surface area contributed by atoms with Crippen molar-refractivity contribution in [3.8, 4) is 11.1 Å². The molecule has 0 aliphatic rings. The highest BCUT2D eigenvalue weighted by atomic mass is 19.1. The van der Waals surface area contributed by atoms with Gasteiger partial charge in [0.2, 0.25) is 0 Å². The van der Waals surface area contributed by atoms with Gasteiger partial charge in [0, 0.05) is 5.56 Å². The van der Waals surface area contributed by atoms with Crippen LogP contribution in [0.5, 0.6) is 0 Å². The zero-order chi connectivity index (χ0) is 17.4. The first-order chi connectivity index (χ1) is 11.6. The van der Waals surface area contributed by atoms with Crippen molar-refractivity contribution in [2.45, 2.75) is 38.7 Å². The molecule has 0 amide bonds. The lowest BCUT2D eigenvalue weighted by Crippen LogP contribution is -1.97. The summed E-state index contributed by atoms with van der Waals surface area (Å²) in [6.07, 6.45) is 8.74. The van der Waals surface area contributed by atoms with Gasteiger partial charge in [-0.15, -0.1) is 6.58 Å². The largest absolute Gasteiger partial charge is 0.393 e. The van der Waals surface area contributed by atoms with Crippen molar-refractivity contribution in [3.63, 3.8) is 0 Å². The maximum Gasteiger partial charge on any atom is 0.131 e. The van der Waals surface area contributed by atoms with E-state index in [0.717, 1.165) is 36.8 Å². The van der Waals surface area contributed by atoms with Crippen LogP contribution in [0.25, 0.3) is 17.2 Å². The summed E-state index contributed by atoms with van der Waals surface area (Å²) in [5.74, 6) is -0.213. The number of aliphatic hydroxyl groups is 1. The number of aliphatic hydroxyl groups excluding tert-OH is 1. The number of allylic oxidation sites excluding steroid dienone is 2. The quantitative estimate of drug-likeness (QED) is 0.481. The Morgan fingerprint density at radius 3 is 2.46 bits per heavy atom. The van der Waals surface area contributed by atoms with E-state index in [1.54, 1.807) is 13.0 Å². The fraction of sp³-hybridized carbons (Fsp3) is 0.273. The summed E-state index contributed by atoms with van der Waals surface area (Å²) < 4.78 is 14.3. The Morgan fingerprint density at radius 1 is 1.12 bits per heavy atom. The van der Waals surface area contributed by atoms with E-state index in [1.165, 1.54) is 5.56 Å². The average molecular weight is 324 g/mol. The van der Waals surface area contributed by atoms with Crippen molar-refractivity contribution >= 4 is 6.08 Å². The van der Waals surface area contributed by atoms with Crippen LogP contribution in [0.4, 0.5) is 4.39 Å². The lowest BCUT2D eigenvalue weighted by Gasteiger charge is -2.05. The van der Waals surface area contributed by atoms with Gasteiger partial charge >= 0.3 is 0 Å². The second-order valence-corrected chi connectivity index (χ2v) is 6.11. The molecule has 2 heteroatoms. The van der Waals surface area contributed by atoms with Gasteiger partial charge in [-0.05, 0) is 55.4 Å². The monoisotopic (exact) mass is 324 g/mol. The second-order valence-electron chi connectivity index (χ2n) is 6.11. The van der Waals surface area contributed by atoms with Crippen molar-refractivity contribution in [2.24, 2.45) is 0 Å². The van der Waals surface area contributed by atoms with Crippen LogP contribution in [-0.4, -0.2) is 11.2 Å². The van der Waals surface area contributed by atoms with E-state index in [2.05, 4.69) is 6.58 Å². The van der Waals surface area contributed by atoms with Gasteiger partial charge in [-0.1, -0.05) is 54.6 Å². The molecule has 0 heterocycles. The molecular weight excluding hydrogens is 299 g/mol. The Hall–Kier alpha value is -2.19. The number of benzene rings is 2. The molecule has 24 heavy (non-hydrogen) atoms. The van der Waals surface area contributed by atoms with Gasteiger partial charge in [0.15, 0.2) is 0 Å². The smallest absolute Gasteiger partial charge is 0.131 e. The lowest BCUT2D eigenvalue weighted by molar-refractivity contribution is 0.182. The number of halogens is 1. The van der Waals surface area contributed by atoms with Gasteiger partial charge in [-0.25, -0.2) is 4.39 Å². The van der Waals surface area contributed by atoms with Gasteiger partial charge in [-0.3, -0.25) is 0 Å². The first kappa shape index (κ1) is 18.2. The molecule has 1 nitrogen and oxygen atoms in total. The van der Waals surface area contributed by atoms with Gasteiger partial charge in [0.1, 0.15) is 5.82 Å². The molecule has 1 atom stereocenters. The third-order valence-corrected chi connectivity index (χ3v) is 3.96. The fourth-order valence-corrected chi connectivity index (χ4v) is 2.58. The van der Waals surface area contributed by atoms with Crippen LogP contribution in [0.15, 0.2) is 61.2 Å². The highest BCUT2D eigenvalue weighted by Gasteiger charge is 2.03. The first-order valence-corrected chi connectivity index (χ1v) is 8.44. The molecular formula is C22H25FO. The molecule has 0 spiro atoms. The maximum atomic E-state index is 14.3. The van der Waals surface area contributed by atoms with E-state index in [9.17, 15) is 9.50 Å². The third-order valence-electron chi connectivity index (χ3n) is 3.96. The molecule has 0 aliphatic heterocycles. The van der Waals surface area contributed by atoms with Gasteiger partial charge in [0.05, 0.1) is 6.10 Å². The predicted octanol–water partition coefficient (Wildman–Crippen LogP) is 5.79. The summed E-state index contributed by atoms with van der Waals surface area (Å²) in [5, 5.41) is 9.21. The maximum absolute atomic E-state index is 14.3. The van der Waals surface area contributed by atoms with E-state index in [4.69, 9.17) is 0 Å². The Labute approximate surface area is 144 Å². The normalized spacial score (nSPS) is 12.5. The van der Waals surface area contributed by atoms with Crippen molar-refractivity contribution < 1.29 is 9.50 Å². The predicted molar refractivity (Wildman–Crippen MR) is 100 cm³/mol. The van der Waals surface area contributed by atoms with Crippen LogP contribution in [0.3, 0.4) is 0 Å². The minimum absolute atomic E-state index is 0.213. The highest BCUT2D eigenvalue weighted by Crippen LogP contribution is 2.23. The summed E-state index contributed by atoms with van der Waals surface area (Å²) in [6.45, 7) is 5.52. The molecule has 0 bridgehead atoms. The van der Waals surface area contributed by atoms with Crippen LogP contribution >= 0.6 is 0 Å². The molecule has 0 radical (unpaired) electrons. The fourth-order valence-electron chi connectivity index (χ4n) is 2.58. The van der Waals surface area contributed by atoms with Crippen LogP contribution in [0, 0.1) is 5.82 Å². The third kappa shape index (κ3) is 5.47. The Kier molecular flexibility index (Phi) is 6.95. The lowest BCUT2D eigenvalue weighted by atomic mass is 10.0. The summed E-state index contributed by atoms with van der Waals surface area (Å²) in [5.41, 5.74) is 3.68. The molecule has 2 aromatic rings. The topological polar surface area (TPSA) is 20.2 Å². The molecule has 0 aliphatic carbocycles. The Morgan fingerprint density at radius 2 is 1.83 bits per heavy atom. The summed E-state index contributed by atoms with van der Waals surface area (Å²) in [7, 11) is 0. The molecule has 1 N–H and O–H groups in total. The highest BCUT2D eigenvalue weighted by molar-refractivity contribution is 5.66. The van der Waals surface area contributed by atoms with Crippen LogP contribution in [0.1, 0.15) is 37.3 Å². The molecule has 0 saturated carbocycles. The molecule has 2 aromatic carbocycles. The Bertz CT molecular complexity index is 684. The zero-order valence-electron chi connectivity index (χ0n) is 14.2. The van der Waals surface area contributed by atoms with Crippen molar-refractivity contribution in [3.05, 3.63) is 78.1 Å². The van der Waals surface area contributed by atoms with Gasteiger partial charge in [-0.2, -0.15) is 0 Å². The van der Waals surface area contributed by atoms with Crippen molar-refractivity contribution in [2.75, 3.05) is 0 Å². The van der Waals surface area contributed by atoms with E-state index in [-0.39, 0.29) is 11.9 Å². The molecule has 0 aromatic heterocycles. The minimum atomic E-state index is -0.271. The van der Waals surface area contributed by atoms with E-state index < -0.39 is 0 Å². The number of hydrogen-bond acceptors (Lipinski definition) is 1. The molecule has 126 valence electrons. The van der Waals surface area contributed by atoms with Gasteiger partial charge < -0.3 is 5.11 Å². The molecule has 1 unspecified atom stereocenters. The second kappa shape index (κ2) is 9.19. The average Bonchev–Trinajstić information content (AvgIpc) is 2.56. The molecule has 0 fully saturated rings. The molecule has 2 rings (SSSR count). The Balaban J connectivity index is 2.03. The van der Waals surface area contributed by atoms with Crippen LogP contribution in [-0.2, 0) is 6.42 Å². The van der Waals surface area contributed by atoms with Crippen molar-refractivity contribution in [1.82, 2.24) is 0 Å². The molecule has 0 saturated heterocycles. The minimum Gasteiger partial charge on any atom is -0.393 e. The number of rotatable bonds is 8. The number of hydrogen-bond donors (Lipinski definition) is 1. The van der Waals surface area contributed by atoms with E-state index in [0.29, 0.717) is 5.56 Å². The van der Waals surface area contributed by atoms with E-state index in [1.807, 2.05) is 54.6 Å². The first-order valence-electron chi connectivity index (χ1n) is 8.44. The summed E-state index contributed by atoms with van der Waals surface area (Å²) in [4.78, 5) is 0. The van der Waals surface area contributed by atoms with Crippen LogP contribution < -0.4 is 0 Å². The standard InChI is InChI=1S/C22H25FO/c1-3-7-18-10-12-19(13-11-18)21-15-14-20(22(23)16-21)9-6-4-5-8-17(2)24/h3,6,9-17,24H,1,4-5,7-8H2,2H3. The van der Waals surface area contributed by atoms with Crippen LogP contribution in [0.2, 0.25) is 0 Å². The zero-order valence-corrected chi connectivity index (χ0v) is 14.2.